The molecule has 0 aliphatic heterocycles. The monoisotopic (exact) mass is 242 g/mol. The van der Waals surface area contributed by atoms with Gasteiger partial charge in [-0.3, -0.25) is 4.98 Å². The molecule has 1 aliphatic carbocycles. The van der Waals surface area contributed by atoms with Gasteiger partial charge in [0, 0.05) is 36.1 Å². The zero-order chi connectivity index (χ0) is 12.4. The molecular formula is C15H18N2O. The minimum atomic E-state index is 0.445. The minimum Gasteiger partial charge on any atom is -0.382 e. The average Bonchev–Trinajstić information content (AvgIpc) is 2.37. The molecule has 1 aromatic heterocycles. The highest BCUT2D eigenvalue weighted by atomic mass is 16.5. The number of fused-ring (bicyclic) bond motifs is 1. The summed E-state index contributed by atoms with van der Waals surface area (Å²) in [4.78, 5) is 4.20. The zero-order valence-electron chi connectivity index (χ0n) is 10.6. The molecule has 1 N–H and O–H groups in total. The average molecular weight is 242 g/mol. The van der Waals surface area contributed by atoms with Crippen molar-refractivity contribution < 1.29 is 4.74 Å². The number of benzene rings is 1. The molecule has 1 fully saturated rings. The van der Waals surface area contributed by atoms with Gasteiger partial charge < -0.3 is 10.1 Å². The van der Waals surface area contributed by atoms with Gasteiger partial charge in [0.1, 0.15) is 0 Å². The first-order valence-electron chi connectivity index (χ1n) is 6.57. The Balaban J connectivity index is 1.72. The van der Waals surface area contributed by atoms with Gasteiger partial charge in [0.05, 0.1) is 6.10 Å². The number of anilines is 1. The molecule has 1 aliphatic rings. The lowest BCUT2D eigenvalue weighted by Gasteiger charge is -2.36. The van der Waals surface area contributed by atoms with Crippen LogP contribution in [0.3, 0.4) is 0 Å². The lowest BCUT2D eigenvalue weighted by molar-refractivity contribution is 0.00302. The molecule has 0 amide bonds. The van der Waals surface area contributed by atoms with Gasteiger partial charge in [-0.15, -0.1) is 0 Å². The summed E-state index contributed by atoms with van der Waals surface area (Å²) in [6, 6.07) is 8.91. The van der Waals surface area contributed by atoms with Crippen molar-refractivity contribution >= 4 is 16.5 Å². The van der Waals surface area contributed by atoms with Gasteiger partial charge in [-0.25, -0.2) is 0 Å². The fourth-order valence-corrected chi connectivity index (χ4v) is 2.51. The quantitative estimate of drug-likeness (QED) is 0.894. The largest absolute Gasteiger partial charge is 0.382 e. The first-order valence-corrected chi connectivity index (χ1v) is 6.57. The number of hydrogen-bond acceptors (Lipinski definition) is 3. The summed E-state index contributed by atoms with van der Waals surface area (Å²) in [5, 5.41) is 6.02. The molecule has 0 unspecified atom stereocenters. The highest BCUT2D eigenvalue weighted by Crippen LogP contribution is 2.29. The van der Waals surface area contributed by atoms with E-state index in [1.807, 2.05) is 18.5 Å². The standard InChI is InChI=1S/C15H18N2O/c1-2-18-13-8-12(9-13)17-15-5-3-4-11-6-7-16-10-14(11)15/h3-7,10,12-13,17H,2,8-9H2,1H3. The van der Waals surface area contributed by atoms with E-state index in [9.17, 15) is 0 Å². The second kappa shape index (κ2) is 4.94. The molecule has 1 aromatic carbocycles. The van der Waals surface area contributed by atoms with Crippen LogP contribution >= 0.6 is 0 Å². The summed E-state index contributed by atoms with van der Waals surface area (Å²) in [6.07, 6.45) is 6.41. The van der Waals surface area contributed by atoms with Gasteiger partial charge in [0.25, 0.3) is 0 Å². The number of aromatic nitrogens is 1. The van der Waals surface area contributed by atoms with Crippen molar-refractivity contribution in [2.75, 3.05) is 11.9 Å². The van der Waals surface area contributed by atoms with Crippen molar-refractivity contribution in [3.8, 4) is 0 Å². The predicted octanol–water partition coefficient (Wildman–Crippen LogP) is 3.21. The molecule has 3 rings (SSSR count). The van der Waals surface area contributed by atoms with Gasteiger partial charge in [-0.05, 0) is 37.3 Å². The SMILES string of the molecule is CCOC1CC(Nc2cccc3ccncc23)C1. The van der Waals surface area contributed by atoms with Gasteiger partial charge in [-0.2, -0.15) is 0 Å². The Bertz CT molecular complexity index is 530. The molecular weight excluding hydrogens is 224 g/mol. The highest BCUT2D eigenvalue weighted by molar-refractivity contribution is 5.93. The molecule has 1 saturated carbocycles. The van der Waals surface area contributed by atoms with E-state index in [-0.39, 0.29) is 0 Å². The van der Waals surface area contributed by atoms with Gasteiger partial charge in [-0.1, -0.05) is 12.1 Å². The zero-order valence-corrected chi connectivity index (χ0v) is 10.6. The number of hydrogen-bond donors (Lipinski definition) is 1. The maximum Gasteiger partial charge on any atom is 0.0614 e. The van der Waals surface area contributed by atoms with E-state index >= 15 is 0 Å². The van der Waals surface area contributed by atoms with Crippen LogP contribution in [0.2, 0.25) is 0 Å². The molecule has 0 spiro atoms. The third-order valence-corrected chi connectivity index (χ3v) is 3.54. The summed E-state index contributed by atoms with van der Waals surface area (Å²) in [7, 11) is 0. The normalized spacial score (nSPS) is 22.7. The van der Waals surface area contributed by atoms with Crippen LogP contribution in [0.15, 0.2) is 36.7 Å². The van der Waals surface area contributed by atoms with Crippen molar-refractivity contribution in [1.82, 2.24) is 4.98 Å². The van der Waals surface area contributed by atoms with Gasteiger partial charge in [0.15, 0.2) is 0 Å². The molecule has 1 heterocycles. The minimum absolute atomic E-state index is 0.445. The Labute approximate surface area is 107 Å². The second-order valence-electron chi connectivity index (χ2n) is 4.79. The van der Waals surface area contributed by atoms with Crippen LogP contribution < -0.4 is 5.32 Å². The van der Waals surface area contributed by atoms with Crippen molar-refractivity contribution in [3.05, 3.63) is 36.7 Å². The van der Waals surface area contributed by atoms with Crippen LogP contribution in [-0.2, 0) is 4.74 Å². The maximum atomic E-state index is 5.58. The van der Waals surface area contributed by atoms with Crippen molar-refractivity contribution in [1.29, 1.82) is 0 Å². The number of nitrogens with zero attached hydrogens (tertiary/aromatic N) is 1. The van der Waals surface area contributed by atoms with Gasteiger partial charge >= 0.3 is 0 Å². The number of rotatable bonds is 4. The Morgan fingerprint density at radius 3 is 3.06 bits per heavy atom. The van der Waals surface area contributed by atoms with Crippen LogP contribution in [0.4, 0.5) is 5.69 Å². The third-order valence-electron chi connectivity index (χ3n) is 3.54. The second-order valence-corrected chi connectivity index (χ2v) is 4.79. The summed E-state index contributed by atoms with van der Waals surface area (Å²) in [5.41, 5.74) is 1.18. The van der Waals surface area contributed by atoms with Crippen molar-refractivity contribution in [2.45, 2.75) is 31.9 Å². The smallest absolute Gasteiger partial charge is 0.0614 e. The Hall–Kier alpha value is -1.61. The van der Waals surface area contributed by atoms with E-state index in [1.165, 1.54) is 16.5 Å². The first kappa shape index (κ1) is 11.5. The molecule has 0 saturated heterocycles. The van der Waals surface area contributed by atoms with Crippen molar-refractivity contribution in [2.24, 2.45) is 0 Å². The topological polar surface area (TPSA) is 34.1 Å². The lowest BCUT2D eigenvalue weighted by Crippen LogP contribution is -2.40. The summed E-state index contributed by atoms with van der Waals surface area (Å²) in [5.74, 6) is 0. The molecule has 0 bridgehead atoms. The maximum absolute atomic E-state index is 5.58. The molecule has 18 heavy (non-hydrogen) atoms. The van der Waals surface area contributed by atoms with E-state index in [2.05, 4.69) is 35.4 Å². The highest BCUT2D eigenvalue weighted by Gasteiger charge is 2.29. The van der Waals surface area contributed by atoms with E-state index in [4.69, 9.17) is 4.74 Å². The molecule has 3 nitrogen and oxygen atoms in total. The number of pyridine rings is 1. The lowest BCUT2D eigenvalue weighted by atomic mass is 9.89. The molecule has 3 heteroatoms. The Morgan fingerprint density at radius 1 is 1.33 bits per heavy atom. The Kier molecular flexibility index (Phi) is 3.15. The van der Waals surface area contributed by atoms with Crippen LogP contribution in [0.1, 0.15) is 19.8 Å². The van der Waals surface area contributed by atoms with E-state index in [0.29, 0.717) is 12.1 Å². The van der Waals surface area contributed by atoms with Crippen LogP contribution in [0, 0.1) is 0 Å². The molecule has 2 aromatic rings. The van der Waals surface area contributed by atoms with Crippen LogP contribution in [0.25, 0.3) is 10.8 Å². The molecule has 0 atom stereocenters. The summed E-state index contributed by atoms with van der Waals surface area (Å²) < 4.78 is 5.58. The first-order chi connectivity index (χ1) is 8.86. The van der Waals surface area contributed by atoms with Crippen LogP contribution in [-0.4, -0.2) is 23.7 Å². The van der Waals surface area contributed by atoms with E-state index < -0.39 is 0 Å². The van der Waals surface area contributed by atoms with Crippen molar-refractivity contribution in [3.63, 3.8) is 0 Å². The van der Waals surface area contributed by atoms with E-state index in [1.54, 1.807) is 0 Å². The number of ether oxygens (including phenoxy) is 1. The predicted molar refractivity (Wildman–Crippen MR) is 73.8 cm³/mol. The molecule has 0 radical (unpaired) electrons. The third kappa shape index (κ3) is 2.18. The fourth-order valence-electron chi connectivity index (χ4n) is 2.51. The van der Waals surface area contributed by atoms with Crippen LogP contribution in [0.5, 0.6) is 0 Å². The molecule has 94 valence electrons. The fraction of sp³-hybridized carbons (Fsp3) is 0.400. The number of nitrogens with one attached hydrogen (secondary N) is 1. The van der Waals surface area contributed by atoms with Gasteiger partial charge in [0.2, 0.25) is 0 Å². The van der Waals surface area contributed by atoms with E-state index in [0.717, 1.165) is 19.4 Å². The summed E-state index contributed by atoms with van der Waals surface area (Å²) >= 11 is 0. The Morgan fingerprint density at radius 2 is 2.22 bits per heavy atom. The summed E-state index contributed by atoms with van der Waals surface area (Å²) in [6.45, 7) is 2.87.